The molecule has 0 radical (unpaired) electrons. The van der Waals surface area contributed by atoms with Crippen molar-refractivity contribution in [3.8, 4) is 50.6 Å². The van der Waals surface area contributed by atoms with Gasteiger partial charge in [0.25, 0.3) is 0 Å². The predicted molar refractivity (Wildman–Crippen MR) is 216 cm³/mol. The fourth-order valence-electron chi connectivity index (χ4n) is 7.64. The number of fused-ring (bicyclic) bond motifs is 6. The van der Waals surface area contributed by atoms with Crippen LogP contribution in [-0.4, -0.2) is 4.57 Å². The standard InChI is InChI=1S/C49H33NO2/c1-32-22-23-34(29-44(32)42-18-7-9-20-47(42)51-38-14-3-2-4-15-38)35-24-26-40-39-16-5-8-19-45(39)50(46(40)30-35)37-13-11-12-33(28-37)36-25-27-43-41-17-6-10-21-48(41)52-49(43)31-36/h2-31H,1H3. The first-order valence-electron chi connectivity index (χ1n) is 17.7. The van der Waals surface area contributed by atoms with E-state index in [1.807, 2.05) is 54.6 Å². The van der Waals surface area contributed by atoms with Crippen molar-refractivity contribution in [2.24, 2.45) is 0 Å². The Morgan fingerprint density at radius 2 is 1.08 bits per heavy atom. The third-order valence-corrected chi connectivity index (χ3v) is 10.2. The zero-order chi connectivity index (χ0) is 34.6. The van der Waals surface area contributed by atoms with Crippen molar-refractivity contribution >= 4 is 43.7 Å². The molecule has 0 aliphatic rings. The van der Waals surface area contributed by atoms with Crippen molar-refractivity contribution in [1.29, 1.82) is 0 Å². The molecular formula is C49H33NO2. The van der Waals surface area contributed by atoms with E-state index >= 15 is 0 Å². The molecule has 0 unspecified atom stereocenters. The Labute approximate surface area is 301 Å². The van der Waals surface area contributed by atoms with Crippen LogP contribution in [0.4, 0.5) is 0 Å². The van der Waals surface area contributed by atoms with Gasteiger partial charge in [0.05, 0.1) is 11.0 Å². The van der Waals surface area contributed by atoms with Gasteiger partial charge >= 0.3 is 0 Å². The predicted octanol–water partition coefficient (Wildman–Crippen LogP) is 13.8. The normalized spacial score (nSPS) is 11.6. The van der Waals surface area contributed by atoms with Gasteiger partial charge in [-0.1, -0.05) is 115 Å². The van der Waals surface area contributed by atoms with Gasteiger partial charge in [0.2, 0.25) is 0 Å². The summed E-state index contributed by atoms with van der Waals surface area (Å²) in [5, 5.41) is 4.73. The highest BCUT2D eigenvalue weighted by Crippen LogP contribution is 2.40. The van der Waals surface area contributed by atoms with Gasteiger partial charge in [-0.05, 0) is 107 Å². The molecule has 3 nitrogen and oxygen atoms in total. The van der Waals surface area contributed by atoms with Gasteiger partial charge in [0.15, 0.2) is 0 Å². The first-order chi connectivity index (χ1) is 25.7. The molecule has 0 spiro atoms. The van der Waals surface area contributed by atoms with E-state index in [-0.39, 0.29) is 0 Å². The van der Waals surface area contributed by atoms with E-state index in [2.05, 4.69) is 139 Å². The molecule has 246 valence electrons. The first-order valence-corrected chi connectivity index (χ1v) is 17.7. The third-order valence-electron chi connectivity index (χ3n) is 10.2. The molecule has 52 heavy (non-hydrogen) atoms. The molecule has 0 amide bonds. The molecule has 0 fully saturated rings. The fraction of sp³-hybridized carbons (Fsp3) is 0.0204. The zero-order valence-electron chi connectivity index (χ0n) is 28.6. The van der Waals surface area contributed by atoms with E-state index in [9.17, 15) is 0 Å². The van der Waals surface area contributed by atoms with Crippen molar-refractivity contribution in [2.45, 2.75) is 6.92 Å². The molecule has 0 atom stereocenters. The van der Waals surface area contributed by atoms with Crippen LogP contribution in [0.15, 0.2) is 186 Å². The second kappa shape index (κ2) is 12.2. The maximum absolute atomic E-state index is 6.39. The van der Waals surface area contributed by atoms with E-state index in [0.717, 1.165) is 72.5 Å². The average molecular weight is 668 g/mol. The van der Waals surface area contributed by atoms with Crippen LogP contribution in [0.3, 0.4) is 0 Å². The lowest BCUT2D eigenvalue weighted by Crippen LogP contribution is -1.95. The van der Waals surface area contributed by atoms with Gasteiger partial charge in [-0.25, -0.2) is 0 Å². The van der Waals surface area contributed by atoms with Crippen molar-refractivity contribution in [1.82, 2.24) is 4.57 Å². The molecule has 0 N–H and O–H groups in total. The largest absolute Gasteiger partial charge is 0.457 e. The van der Waals surface area contributed by atoms with Gasteiger partial charge < -0.3 is 13.7 Å². The summed E-state index contributed by atoms with van der Waals surface area (Å²) in [6.07, 6.45) is 0. The fourth-order valence-corrected chi connectivity index (χ4v) is 7.64. The molecule has 3 heteroatoms. The molecule has 0 aliphatic heterocycles. The molecular weight excluding hydrogens is 635 g/mol. The SMILES string of the molecule is Cc1ccc(-c2ccc3c4ccccc4n(-c4cccc(-c5ccc6c(c5)oc5ccccc56)c4)c3c2)cc1-c1ccccc1Oc1ccccc1. The minimum absolute atomic E-state index is 0.821. The Morgan fingerprint density at radius 1 is 0.423 bits per heavy atom. The molecule has 0 bridgehead atoms. The van der Waals surface area contributed by atoms with Crippen LogP contribution in [0.1, 0.15) is 5.56 Å². The van der Waals surface area contributed by atoms with Crippen molar-refractivity contribution in [3.05, 3.63) is 188 Å². The molecule has 2 heterocycles. The Balaban J connectivity index is 1.09. The van der Waals surface area contributed by atoms with E-state index in [1.165, 1.54) is 27.4 Å². The monoisotopic (exact) mass is 667 g/mol. The number of hydrogen-bond donors (Lipinski definition) is 0. The summed E-state index contributed by atoms with van der Waals surface area (Å²) < 4.78 is 15.0. The summed E-state index contributed by atoms with van der Waals surface area (Å²) in [7, 11) is 0. The molecule has 10 rings (SSSR count). The number of ether oxygens (including phenoxy) is 1. The van der Waals surface area contributed by atoms with E-state index < -0.39 is 0 Å². The summed E-state index contributed by atoms with van der Waals surface area (Å²) in [5.74, 6) is 1.66. The third kappa shape index (κ3) is 5.06. The number of nitrogens with zero attached hydrogens (tertiary/aromatic N) is 1. The van der Waals surface area contributed by atoms with E-state index in [1.54, 1.807) is 0 Å². The van der Waals surface area contributed by atoms with Crippen LogP contribution in [0.2, 0.25) is 0 Å². The lowest BCUT2D eigenvalue weighted by atomic mass is 9.94. The zero-order valence-corrected chi connectivity index (χ0v) is 28.6. The molecule has 0 saturated carbocycles. The van der Waals surface area contributed by atoms with Gasteiger partial charge in [-0.15, -0.1) is 0 Å². The second-order valence-corrected chi connectivity index (χ2v) is 13.4. The number of aryl methyl sites for hydroxylation is 1. The Hall–Kier alpha value is -6.84. The van der Waals surface area contributed by atoms with Crippen LogP contribution in [0, 0.1) is 6.92 Å². The molecule has 0 saturated heterocycles. The van der Waals surface area contributed by atoms with Gasteiger partial charge in [-0.3, -0.25) is 0 Å². The lowest BCUT2D eigenvalue weighted by Gasteiger charge is -2.15. The van der Waals surface area contributed by atoms with Gasteiger partial charge in [0, 0.05) is 32.8 Å². The number of rotatable bonds is 6. The summed E-state index contributed by atoms with van der Waals surface area (Å²) in [5.41, 5.74) is 13.3. The smallest absolute Gasteiger partial charge is 0.136 e. The maximum Gasteiger partial charge on any atom is 0.136 e. The second-order valence-electron chi connectivity index (χ2n) is 13.4. The highest BCUT2D eigenvalue weighted by atomic mass is 16.5. The summed E-state index contributed by atoms with van der Waals surface area (Å²) >= 11 is 0. The molecule has 2 aromatic heterocycles. The molecule has 0 aliphatic carbocycles. The quantitative estimate of drug-likeness (QED) is 0.176. The lowest BCUT2D eigenvalue weighted by molar-refractivity contribution is 0.484. The highest BCUT2D eigenvalue weighted by Gasteiger charge is 2.16. The van der Waals surface area contributed by atoms with E-state index in [4.69, 9.17) is 9.15 Å². The Morgan fingerprint density at radius 3 is 1.98 bits per heavy atom. The molecule has 10 aromatic rings. The Kier molecular flexibility index (Phi) is 7.04. The van der Waals surface area contributed by atoms with Crippen LogP contribution >= 0.6 is 0 Å². The number of hydrogen-bond acceptors (Lipinski definition) is 2. The summed E-state index contributed by atoms with van der Waals surface area (Å²) in [6, 6.07) is 64.1. The van der Waals surface area contributed by atoms with Crippen molar-refractivity contribution < 1.29 is 9.15 Å². The summed E-state index contributed by atoms with van der Waals surface area (Å²) in [6.45, 7) is 2.17. The van der Waals surface area contributed by atoms with Crippen LogP contribution in [0.5, 0.6) is 11.5 Å². The topological polar surface area (TPSA) is 27.3 Å². The minimum atomic E-state index is 0.821. The number of furan rings is 1. The average Bonchev–Trinajstić information content (AvgIpc) is 3.74. The van der Waals surface area contributed by atoms with Crippen molar-refractivity contribution in [2.75, 3.05) is 0 Å². The maximum atomic E-state index is 6.39. The first kappa shape index (κ1) is 30.0. The van der Waals surface area contributed by atoms with Gasteiger partial charge in [-0.2, -0.15) is 0 Å². The van der Waals surface area contributed by atoms with Crippen LogP contribution in [-0.2, 0) is 0 Å². The van der Waals surface area contributed by atoms with Crippen LogP contribution in [0.25, 0.3) is 82.8 Å². The molecule has 8 aromatic carbocycles. The van der Waals surface area contributed by atoms with Crippen molar-refractivity contribution in [3.63, 3.8) is 0 Å². The summed E-state index contributed by atoms with van der Waals surface area (Å²) in [4.78, 5) is 0. The van der Waals surface area contributed by atoms with Crippen LogP contribution < -0.4 is 4.74 Å². The number of aromatic nitrogens is 1. The highest BCUT2D eigenvalue weighted by molar-refractivity contribution is 6.10. The Bertz CT molecular complexity index is 2950. The number of para-hydroxylation sites is 4. The number of benzene rings is 8. The minimum Gasteiger partial charge on any atom is -0.457 e. The van der Waals surface area contributed by atoms with Gasteiger partial charge in [0.1, 0.15) is 22.7 Å². The van der Waals surface area contributed by atoms with E-state index in [0.29, 0.717) is 0 Å².